The van der Waals surface area contributed by atoms with Crippen LogP contribution in [-0.2, 0) is 0 Å². The highest BCUT2D eigenvalue weighted by Crippen LogP contribution is 2.12. The average Bonchev–Trinajstić information content (AvgIpc) is 2.86. The van der Waals surface area contributed by atoms with Crippen LogP contribution >= 0.6 is 0 Å². The van der Waals surface area contributed by atoms with Gasteiger partial charge in [-0.1, -0.05) is 0 Å². The zero-order valence-electron chi connectivity index (χ0n) is 8.85. The van der Waals surface area contributed by atoms with Crippen molar-refractivity contribution in [2.45, 2.75) is 6.92 Å². The molecule has 0 unspecified atom stereocenters. The summed E-state index contributed by atoms with van der Waals surface area (Å²) in [6.07, 6.45) is 0. The van der Waals surface area contributed by atoms with Crippen molar-refractivity contribution in [3.8, 4) is 0 Å². The number of anilines is 1. The lowest BCUT2D eigenvalue weighted by atomic mass is 10.4. The minimum Gasteiger partial charge on any atom is -0.358 e. The number of hydrogen-bond donors (Lipinski definition) is 3. The number of nitrogens with one attached hydrogen (secondary N) is 3. The third-order valence-electron chi connectivity index (χ3n) is 2.06. The van der Waals surface area contributed by atoms with Crippen LogP contribution in [0.5, 0.6) is 0 Å². The predicted molar refractivity (Wildman–Crippen MR) is 58.7 cm³/mol. The second-order valence-electron chi connectivity index (χ2n) is 3.40. The van der Waals surface area contributed by atoms with E-state index in [-0.39, 0.29) is 11.5 Å². The smallest absolute Gasteiger partial charge is 0.321 e. The molecule has 17 heavy (non-hydrogen) atoms. The van der Waals surface area contributed by atoms with Crippen molar-refractivity contribution >= 4 is 17.5 Å². The van der Waals surface area contributed by atoms with Crippen LogP contribution < -0.4 is 5.32 Å². The van der Waals surface area contributed by atoms with Crippen LogP contribution in [0.15, 0.2) is 18.2 Å². The Morgan fingerprint density at radius 3 is 2.82 bits per heavy atom. The highest BCUT2D eigenvalue weighted by atomic mass is 16.6. The summed E-state index contributed by atoms with van der Waals surface area (Å²) < 4.78 is 0. The first-order valence-corrected chi connectivity index (χ1v) is 4.73. The van der Waals surface area contributed by atoms with E-state index in [1.54, 1.807) is 13.0 Å². The minimum atomic E-state index is -0.602. The largest absolute Gasteiger partial charge is 0.358 e. The van der Waals surface area contributed by atoms with Crippen molar-refractivity contribution in [1.29, 1.82) is 0 Å². The summed E-state index contributed by atoms with van der Waals surface area (Å²) in [5.74, 6) is -0.345. The zero-order valence-corrected chi connectivity index (χ0v) is 8.85. The molecule has 0 aliphatic carbocycles. The van der Waals surface area contributed by atoms with Crippen molar-refractivity contribution in [2.75, 3.05) is 5.32 Å². The Labute approximate surface area is 95.2 Å². The number of rotatable bonds is 3. The second kappa shape index (κ2) is 4.08. The molecule has 0 saturated heterocycles. The molecule has 0 bridgehead atoms. The molecule has 88 valence electrons. The lowest BCUT2D eigenvalue weighted by Crippen LogP contribution is -2.12. The third kappa shape index (κ3) is 2.30. The standard InChI is InChI=1S/C9H9N5O3/c1-5-4-7(13-12-5)11-9(15)6-2-3-8(10-6)14(16)17/h2-4,10H,1H3,(H2,11,12,13,15). The molecule has 0 aromatic carbocycles. The SMILES string of the molecule is Cc1cc(NC(=O)c2ccc([N+](=O)[O-])[nH]2)n[nH]1. The number of carbonyl (C=O) groups is 1. The molecule has 0 aliphatic heterocycles. The summed E-state index contributed by atoms with van der Waals surface area (Å²) >= 11 is 0. The van der Waals surface area contributed by atoms with Gasteiger partial charge in [0.2, 0.25) is 0 Å². The summed E-state index contributed by atoms with van der Waals surface area (Å²) in [6.45, 7) is 1.79. The first-order chi connectivity index (χ1) is 8.06. The quantitative estimate of drug-likeness (QED) is 0.547. The first kappa shape index (κ1) is 10.9. The molecule has 2 aromatic heterocycles. The molecule has 0 spiro atoms. The number of nitro groups is 1. The maximum absolute atomic E-state index is 11.6. The van der Waals surface area contributed by atoms with Crippen molar-refractivity contribution in [3.63, 3.8) is 0 Å². The van der Waals surface area contributed by atoms with E-state index in [0.29, 0.717) is 5.82 Å². The summed E-state index contributed by atoms with van der Waals surface area (Å²) in [6, 6.07) is 4.22. The van der Waals surface area contributed by atoms with E-state index in [2.05, 4.69) is 20.5 Å². The summed E-state index contributed by atoms with van der Waals surface area (Å²) in [4.78, 5) is 23.9. The van der Waals surface area contributed by atoms with E-state index in [1.807, 2.05) is 0 Å². The summed E-state index contributed by atoms with van der Waals surface area (Å²) in [5, 5.41) is 19.4. The Balaban J connectivity index is 2.11. The monoisotopic (exact) mass is 235 g/mol. The number of aryl methyl sites for hydroxylation is 1. The molecule has 3 N–H and O–H groups in total. The Morgan fingerprint density at radius 1 is 1.53 bits per heavy atom. The molecule has 1 amide bonds. The van der Waals surface area contributed by atoms with Gasteiger partial charge in [-0.15, -0.1) is 0 Å². The Morgan fingerprint density at radius 2 is 2.29 bits per heavy atom. The van der Waals surface area contributed by atoms with Crippen LogP contribution in [0.4, 0.5) is 11.6 Å². The predicted octanol–water partition coefficient (Wildman–Crippen LogP) is 1.21. The van der Waals surface area contributed by atoms with Gasteiger partial charge >= 0.3 is 5.82 Å². The van der Waals surface area contributed by atoms with Crippen molar-refractivity contribution in [2.24, 2.45) is 0 Å². The minimum absolute atomic E-state index is 0.109. The Hall–Kier alpha value is -2.64. The van der Waals surface area contributed by atoms with Gasteiger partial charge in [-0.3, -0.25) is 9.89 Å². The molecule has 2 rings (SSSR count). The number of aromatic amines is 2. The zero-order chi connectivity index (χ0) is 12.4. The van der Waals surface area contributed by atoms with Crippen LogP contribution in [-0.4, -0.2) is 26.0 Å². The van der Waals surface area contributed by atoms with Gasteiger partial charge in [0.1, 0.15) is 0 Å². The van der Waals surface area contributed by atoms with Crippen LogP contribution in [0.25, 0.3) is 0 Å². The Kier molecular flexibility index (Phi) is 2.61. The van der Waals surface area contributed by atoms with E-state index >= 15 is 0 Å². The molecule has 0 saturated carbocycles. The lowest BCUT2D eigenvalue weighted by molar-refractivity contribution is -0.389. The maximum atomic E-state index is 11.6. The topological polar surface area (TPSA) is 117 Å². The van der Waals surface area contributed by atoms with Gasteiger partial charge in [-0.05, 0) is 17.9 Å². The van der Waals surface area contributed by atoms with Crippen LogP contribution in [0.2, 0.25) is 0 Å². The third-order valence-corrected chi connectivity index (χ3v) is 2.06. The van der Waals surface area contributed by atoms with Gasteiger partial charge in [0.25, 0.3) is 5.91 Å². The molecular weight excluding hydrogens is 226 g/mol. The first-order valence-electron chi connectivity index (χ1n) is 4.73. The van der Waals surface area contributed by atoms with Crippen molar-refractivity contribution < 1.29 is 9.72 Å². The van der Waals surface area contributed by atoms with Crippen LogP contribution in [0.3, 0.4) is 0 Å². The second-order valence-corrected chi connectivity index (χ2v) is 3.40. The van der Waals surface area contributed by atoms with Gasteiger partial charge in [-0.25, -0.2) is 4.98 Å². The molecule has 0 fully saturated rings. The number of nitrogens with zero attached hydrogens (tertiary/aromatic N) is 2. The van der Waals surface area contributed by atoms with E-state index in [0.717, 1.165) is 5.69 Å². The summed E-state index contributed by atoms with van der Waals surface area (Å²) in [7, 11) is 0. The van der Waals surface area contributed by atoms with E-state index in [9.17, 15) is 14.9 Å². The van der Waals surface area contributed by atoms with Crippen LogP contribution in [0, 0.1) is 17.0 Å². The van der Waals surface area contributed by atoms with Crippen molar-refractivity contribution in [1.82, 2.24) is 15.2 Å². The molecule has 0 aliphatic rings. The average molecular weight is 235 g/mol. The highest BCUT2D eigenvalue weighted by molar-refractivity contribution is 6.02. The normalized spacial score (nSPS) is 10.2. The number of H-pyrrole nitrogens is 2. The van der Waals surface area contributed by atoms with Crippen LogP contribution in [0.1, 0.15) is 16.2 Å². The van der Waals surface area contributed by atoms with Gasteiger partial charge in [-0.2, -0.15) is 5.10 Å². The number of amides is 1. The lowest BCUT2D eigenvalue weighted by Gasteiger charge is -1.95. The molecule has 0 radical (unpaired) electrons. The van der Waals surface area contributed by atoms with Gasteiger partial charge < -0.3 is 15.4 Å². The fraction of sp³-hybridized carbons (Fsp3) is 0.111. The highest BCUT2D eigenvalue weighted by Gasteiger charge is 2.16. The van der Waals surface area contributed by atoms with Crippen molar-refractivity contribution in [3.05, 3.63) is 39.7 Å². The van der Waals surface area contributed by atoms with Gasteiger partial charge in [0.15, 0.2) is 11.5 Å². The number of carbonyl (C=O) groups excluding carboxylic acids is 1. The van der Waals surface area contributed by atoms with E-state index < -0.39 is 10.8 Å². The maximum Gasteiger partial charge on any atom is 0.321 e. The fourth-order valence-electron chi connectivity index (χ4n) is 1.29. The molecule has 2 heterocycles. The fourth-order valence-corrected chi connectivity index (χ4v) is 1.29. The summed E-state index contributed by atoms with van der Waals surface area (Å²) in [5.41, 5.74) is 0.912. The van der Waals surface area contributed by atoms with Gasteiger partial charge in [0, 0.05) is 17.8 Å². The Bertz CT molecular complexity index is 571. The molecular formula is C9H9N5O3. The van der Waals surface area contributed by atoms with E-state index in [4.69, 9.17) is 0 Å². The van der Waals surface area contributed by atoms with E-state index in [1.165, 1.54) is 12.1 Å². The van der Waals surface area contributed by atoms with Gasteiger partial charge in [0.05, 0.1) is 0 Å². The molecule has 8 heteroatoms. The molecule has 2 aromatic rings. The number of hydrogen-bond acceptors (Lipinski definition) is 4. The molecule has 8 nitrogen and oxygen atoms in total. The number of aromatic nitrogens is 3. The molecule has 0 atom stereocenters.